The van der Waals surface area contributed by atoms with Crippen LogP contribution in [0.3, 0.4) is 0 Å². The Bertz CT molecular complexity index is 888. The molecule has 0 N–H and O–H groups in total. The second-order valence-electron chi connectivity index (χ2n) is 5.60. The number of aromatic nitrogens is 2. The number of benzene rings is 1. The van der Waals surface area contributed by atoms with Gasteiger partial charge < -0.3 is 4.74 Å². The van der Waals surface area contributed by atoms with Crippen molar-refractivity contribution in [2.24, 2.45) is 0 Å². The highest BCUT2D eigenvalue weighted by Crippen LogP contribution is 2.30. The second kappa shape index (κ2) is 6.01. The quantitative estimate of drug-likeness (QED) is 0.514. The van der Waals surface area contributed by atoms with Crippen molar-refractivity contribution in [2.45, 2.75) is 20.8 Å². The number of fused-ring (bicyclic) bond motifs is 1. The van der Waals surface area contributed by atoms with Gasteiger partial charge in [0.1, 0.15) is 23.7 Å². The molecular formula is C18H18N2O2S. The van der Waals surface area contributed by atoms with Crippen LogP contribution in [0.2, 0.25) is 0 Å². The molecule has 0 aliphatic carbocycles. The van der Waals surface area contributed by atoms with Crippen LogP contribution in [0, 0.1) is 13.8 Å². The standard InChI is InChI=1S/C18H18N2O2S/c1-11(2)10-22-15-7-5-14(6-8-15)17-16(9-21)20-12(3)13(4)23-18(20)19-17/h5-9H,1,10H2,2-4H3. The van der Waals surface area contributed by atoms with E-state index in [4.69, 9.17) is 4.74 Å². The lowest BCUT2D eigenvalue weighted by molar-refractivity contribution is 0.111. The van der Waals surface area contributed by atoms with Crippen LogP contribution in [-0.4, -0.2) is 22.3 Å². The summed E-state index contributed by atoms with van der Waals surface area (Å²) in [6.07, 6.45) is 0.875. The zero-order valence-electron chi connectivity index (χ0n) is 13.4. The van der Waals surface area contributed by atoms with Crippen molar-refractivity contribution >= 4 is 22.6 Å². The Morgan fingerprint density at radius 1 is 1.35 bits per heavy atom. The summed E-state index contributed by atoms with van der Waals surface area (Å²) in [6, 6.07) is 7.63. The molecule has 0 atom stereocenters. The topological polar surface area (TPSA) is 43.6 Å². The highest BCUT2D eigenvalue weighted by atomic mass is 32.1. The van der Waals surface area contributed by atoms with Gasteiger partial charge in [0.2, 0.25) is 0 Å². The summed E-state index contributed by atoms with van der Waals surface area (Å²) in [5.41, 5.74) is 4.24. The van der Waals surface area contributed by atoms with E-state index in [-0.39, 0.29) is 0 Å². The van der Waals surface area contributed by atoms with Crippen LogP contribution in [0.5, 0.6) is 5.75 Å². The van der Waals surface area contributed by atoms with E-state index in [2.05, 4.69) is 11.6 Å². The second-order valence-corrected chi connectivity index (χ2v) is 6.78. The number of aryl methyl sites for hydroxylation is 2. The average Bonchev–Trinajstić information content (AvgIpc) is 3.02. The summed E-state index contributed by atoms with van der Waals surface area (Å²) in [4.78, 5) is 18.2. The maximum atomic E-state index is 11.6. The van der Waals surface area contributed by atoms with Crippen LogP contribution < -0.4 is 4.74 Å². The smallest absolute Gasteiger partial charge is 0.195 e. The number of thiazole rings is 1. The molecule has 2 heterocycles. The van der Waals surface area contributed by atoms with Crippen LogP contribution in [0.4, 0.5) is 0 Å². The van der Waals surface area contributed by atoms with Crippen molar-refractivity contribution in [3.63, 3.8) is 0 Å². The lowest BCUT2D eigenvalue weighted by atomic mass is 10.1. The van der Waals surface area contributed by atoms with Crippen molar-refractivity contribution in [1.82, 2.24) is 9.38 Å². The third-order valence-corrected chi connectivity index (χ3v) is 4.75. The normalized spacial score (nSPS) is 10.9. The Hall–Kier alpha value is -2.40. The molecule has 0 amide bonds. The molecule has 3 rings (SSSR count). The Morgan fingerprint density at radius 2 is 2.04 bits per heavy atom. The third-order valence-electron chi connectivity index (χ3n) is 3.70. The molecule has 23 heavy (non-hydrogen) atoms. The largest absolute Gasteiger partial charge is 0.489 e. The molecule has 0 saturated carbocycles. The van der Waals surface area contributed by atoms with Gasteiger partial charge in [-0.3, -0.25) is 9.20 Å². The van der Waals surface area contributed by atoms with Crippen LogP contribution in [0.15, 0.2) is 36.4 Å². The van der Waals surface area contributed by atoms with Crippen LogP contribution in [0.25, 0.3) is 16.2 Å². The first-order valence-electron chi connectivity index (χ1n) is 7.32. The van der Waals surface area contributed by atoms with E-state index in [0.717, 1.165) is 33.8 Å². The molecule has 4 nitrogen and oxygen atoms in total. The van der Waals surface area contributed by atoms with Gasteiger partial charge in [-0.25, -0.2) is 4.98 Å². The molecule has 0 aliphatic rings. The zero-order valence-corrected chi connectivity index (χ0v) is 14.2. The molecule has 0 fully saturated rings. The van der Waals surface area contributed by atoms with Gasteiger partial charge in [0.25, 0.3) is 0 Å². The molecule has 2 aromatic heterocycles. The number of carbonyl (C=O) groups is 1. The molecule has 118 valence electrons. The van der Waals surface area contributed by atoms with Gasteiger partial charge in [-0.1, -0.05) is 6.58 Å². The van der Waals surface area contributed by atoms with Gasteiger partial charge in [0.05, 0.1) is 0 Å². The van der Waals surface area contributed by atoms with E-state index < -0.39 is 0 Å². The molecule has 0 spiro atoms. The first-order chi connectivity index (χ1) is 11.0. The number of ether oxygens (including phenoxy) is 1. The SMILES string of the molecule is C=C(C)COc1ccc(-c2nc3sc(C)c(C)n3c2C=O)cc1. The third kappa shape index (κ3) is 2.80. The summed E-state index contributed by atoms with van der Waals surface area (Å²) in [7, 11) is 0. The van der Waals surface area contributed by atoms with Gasteiger partial charge in [-0.05, 0) is 50.6 Å². The maximum Gasteiger partial charge on any atom is 0.195 e. The highest BCUT2D eigenvalue weighted by molar-refractivity contribution is 7.17. The predicted octanol–water partition coefficient (Wildman–Crippen LogP) is 4.45. The van der Waals surface area contributed by atoms with Gasteiger partial charge in [0, 0.05) is 16.1 Å². The van der Waals surface area contributed by atoms with Gasteiger partial charge >= 0.3 is 0 Å². The summed E-state index contributed by atoms with van der Waals surface area (Å²) < 4.78 is 7.53. The van der Waals surface area contributed by atoms with Gasteiger partial charge in [-0.2, -0.15) is 0 Å². The summed E-state index contributed by atoms with van der Waals surface area (Å²) in [6.45, 7) is 10.3. The minimum absolute atomic E-state index is 0.498. The van der Waals surface area contributed by atoms with E-state index in [0.29, 0.717) is 18.0 Å². The monoisotopic (exact) mass is 326 g/mol. The number of hydrogen-bond acceptors (Lipinski definition) is 4. The van der Waals surface area contributed by atoms with E-state index in [1.807, 2.05) is 49.4 Å². The summed E-state index contributed by atoms with van der Waals surface area (Å²) in [5.74, 6) is 0.775. The number of rotatable bonds is 5. The van der Waals surface area contributed by atoms with Gasteiger partial charge in [0.15, 0.2) is 11.2 Å². The zero-order chi connectivity index (χ0) is 16.6. The van der Waals surface area contributed by atoms with Crippen molar-refractivity contribution in [3.05, 3.63) is 52.7 Å². The van der Waals surface area contributed by atoms with Crippen molar-refractivity contribution in [1.29, 1.82) is 0 Å². The van der Waals surface area contributed by atoms with Crippen molar-refractivity contribution in [3.8, 4) is 17.0 Å². The predicted molar refractivity (Wildman–Crippen MR) is 93.7 cm³/mol. The molecule has 1 aromatic carbocycles. The number of carbonyl (C=O) groups excluding carboxylic acids is 1. The minimum atomic E-state index is 0.498. The first-order valence-corrected chi connectivity index (χ1v) is 8.14. The van der Waals surface area contributed by atoms with E-state index in [1.165, 1.54) is 4.88 Å². The number of hydrogen-bond donors (Lipinski definition) is 0. The van der Waals surface area contributed by atoms with E-state index in [9.17, 15) is 4.79 Å². The van der Waals surface area contributed by atoms with E-state index in [1.54, 1.807) is 11.3 Å². The lowest BCUT2D eigenvalue weighted by Crippen LogP contribution is -1.97. The molecule has 0 radical (unpaired) electrons. The fraction of sp³-hybridized carbons (Fsp3) is 0.222. The molecular weight excluding hydrogens is 308 g/mol. The van der Waals surface area contributed by atoms with E-state index >= 15 is 0 Å². The fourth-order valence-corrected chi connectivity index (χ4v) is 3.39. The maximum absolute atomic E-state index is 11.6. The molecule has 0 unspecified atom stereocenters. The summed E-state index contributed by atoms with van der Waals surface area (Å²) in [5, 5.41) is 0. The first kappa shape index (κ1) is 15.5. The van der Waals surface area contributed by atoms with Crippen molar-refractivity contribution in [2.75, 3.05) is 6.61 Å². The Balaban J connectivity index is 2.00. The van der Waals surface area contributed by atoms with Crippen LogP contribution >= 0.6 is 11.3 Å². The summed E-state index contributed by atoms with van der Waals surface area (Å²) >= 11 is 1.60. The molecule has 5 heteroatoms. The minimum Gasteiger partial charge on any atom is -0.489 e. The van der Waals surface area contributed by atoms with Crippen LogP contribution in [0.1, 0.15) is 28.0 Å². The number of aldehydes is 1. The molecule has 0 bridgehead atoms. The Morgan fingerprint density at radius 3 is 2.65 bits per heavy atom. The van der Waals surface area contributed by atoms with Crippen LogP contribution in [-0.2, 0) is 0 Å². The number of nitrogens with zero attached hydrogens (tertiary/aromatic N) is 2. The Labute approximate surface area is 139 Å². The average molecular weight is 326 g/mol. The molecule has 0 saturated heterocycles. The highest BCUT2D eigenvalue weighted by Gasteiger charge is 2.17. The van der Waals surface area contributed by atoms with Gasteiger partial charge in [-0.15, -0.1) is 11.3 Å². The number of imidazole rings is 1. The molecule has 3 aromatic rings. The molecule has 0 aliphatic heterocycles. The fourth-order valence-electron chi connectivity index (χ4n) is 2.41. The lowest BCUT2D eigenvalue weighted by Gasteiger charge is -2.06. The Kier molecular flexibility index (Phi) is 4.05. The van der Waals surface area contributed by atoms with Crippen molar-refractivity contribution < 1.29 is 9.53 Å².